The first-order chi connectivity index (χ1) is 11.1. The lowest BCUT2D eigenvalue weighted by atomic mass is 10.2. The molecule has 0 saturated carbocycles. The number of aryl methyl sites for hydroxylation is 1. The molecule has 23 heavy (non-hydrogen) atoms. The van der Waals surface area contributed by atoms with E-state index < -0.39 is 0 Å². The van der Waals surface area contributed by atoms with Crippen LogP contribution in [-0.4, -0.2) is 49.1 Å². The highest BCUT2D eigenvalue weighted by Crippen LogP contribution is 2.27. The molecule has 0 unspecified atom stereocenters. The van der Waals surface area contributed by atoms with Crippen LogP contribution in [0.4, 0.5) is 5.82 Å². The number of hydrogen-bond acceptors (Lipinski definition) is 5. The van der Waals surface area contributed by atoms with Gasteiger partial charge in [-0.05, 0) is 25.1 Å². The SMILES string of the molecule is Cc1ccoc1C(=O)N1CC[C@@H](Oc2cccnc2N(C)C)C1. The van der Waals surface area contributed by atoms with Gasteiger partial charge in [0.25, 0.3) is 5.91 Å². The second-order valence-electron chi connectivity index (χ2n) is 5.93. The maximum absolute atomic E-state index is 12.5. The summed E-state index contributed by atoms with van der Waals surface area (Å²) in [6, 6.07) is 5.56. The molecular formula is C17H21N3O3. The van der Waals surface area contributed by atoms with Crippen LogP contribution >= 0.6 is 0 Å². The highest BCUT2D eigenvalue weighted by Gasteiger charge is 2.30. The molecule has 0 aromatic carbocycles. The van der Waals surface area contributed by atoms with Crippen LogP contribution in [0.25, 0.3) is 0 Å². The quantitative estimate of drug-likeness (QED) is 0.867. The van der Waals surface area contributed by atoms with E-state index >= 15 is 0 Å². The number of nitrogens with zero attached hydrogens (tertiary/aromatic N) is 3. The first kappa shape index (κ1) is 15.4. The van der Waals surface area contributed by atoms with Gasteiger partial charge in [0.15, 0.2) is 17.3 Å². The normalized spacial score (nSPS) is 17.3. The summed E-state index contributed by atoms with van der Waals surface area (Å²) in [5.74, 6) is 1.88. The number of furan rings is 1. The Morgan fingerprint density at radius 3 is 2.96 bits per heavy atom. The van der Waals surface area contributed by atoms with E-state index in [0.29, 0.717) is 18.8 Å². The van der Waals surface area contributed by atoms with Crippen molar-refractivity contribution in [2.24, 2.45) is 0 Å². The van der Waals surface area contributed by atoms with E-state index in [1.165, 1.54) is 0 Å². The fourth-order valence-electron chi connectivity index (χ4n) is 2.73. The number of anilines is 1. The summed E-state index contributed by atoms with van der Waals surface area (Å²) in [5, 5.41) is 0. The molecule has 1 aliphatic heterocycles. The monoisotopic (exact) mass is 315 g/mol. The number of likely N-dealkylation sites (tertiary alicyclic amines) is 1. The molecule has 0 spiro atoms. The van der Waals surface area contributed by atoms with Crippen LogP contribution < -0.4 is 9.64 Å². The summed E-state index contributed by atoms with van der Waals surface area (Å²) in [6.07, 6.45) is 4.06. The molecule has 1 saturated heterocycles. The molecule has 0 bridgehead atoms. The number of ether oxygens (including phenoxy) is 1. The topological polar surface area (TPSA) is 58.8 Å². The van der Waals surface area contributed by atoms with Gasteiger partial charge in [-0.1, -0.05) is 0 Å². The Balaban J connectivity index is 1.67. The van der Waals surface area contributed by atoms with Gasteiger partial charge in [0, 0.05) is 38.8 Å². The zero-order valence-electron chi connectivity index (χ0n) is 13.7. The molecule has 6 heteroatoms. The van der Waals surface area contributed by atoms with Crippen molar-refractivity contribution in [1.82, 2.24) is 9.88 Å². The molecule has 1 atom stereocenters. The minimum absolute atomic E-state index is 0.0304. The standard InChI is InChI=1S/C17H21N3O3/c1-12-7-10-22-15(12)17(21)20-9-6-13(11-20)23-14-5-4-8-18-16(14)19(2)3/h4-5,7-8,10,13H,6,9,11H2,1-3H3/t13-/m1/s1. The van der Waals surface area contributed by atoms with Crippen LogP contribution in [0.2, 0.25) is 0 Å². The number of rotatable bonds is 4. The van der Waals surface area contributed by atoms with Crippen molar-refractivity contribution in [1.29, 1.82) is 0 Å². The number of aromatic nitrogens is 1. The highest BCUT2D eigenvalue weighted by atomic mass is 16.5. The maximum atomic E-state index is 12.5. The second kappa shape index (κ2) is 6.32. The smallest absolute Gasteiger partial charge is 0.289 e. The van der Waals surface area contributed by atoms with Crippen molar-refractivity contribution >= 4 is 11.7 Å². The number of hydrogen-bond donors (Lipinski definition) is 0. The fraction of sp³-hybridized carbons (Fsp3) is 0.412. The van der Waals surface area contributed by atoms with Crippen molar-refractivity contribution < 1.29 is 13.9 Å². The molecule has 6 nitrogen and oxygen atoms in total. The van der Waals surface area contributed by atoms with E-state index in [9.17, 15) is 4.79 Å². The summed E-state index contributed by atoms with van der Waals surface area (Å²) in [5.41, 5.74) is 0.863. The van der Waals surface area contributed by atoms with Crippen molar-refractivity contribution in [3.05, 3.63) is 42.0 Å². The van der Waals surface area contributed by atoms with Crippen LogP contribution in [0.1, 0.15) is 22.5 Å². The van der Waals surface area contributed by atoms with E-state index in [1.54, 1.807) is 23.4 Å². The van der Waals surface area contributed by atoms with Gasteiger partial charge in [0.1, 0.15) is 6.10 Å². The van der Waals surface area contributed by atoms with Gasteiger partial charge in [-0.2, -0.15) is 0 Å². The van der Waals surface area contributed by atoms with E-state index in [-0.39, 0.29) is 12.0 Å². The molecule has 0 N–H and O–H groups in total. The molecular weight excluding hydrogens is 294 g/mol. The van der Waals surface area contributed by atoms with Gasteiger partial charge in [0.2, 0.25) is 0 Å². The Morgan fingerprint density at radius 2 is 2.26 bits per heavy atom. The van der Waals surface area contributed by atoms with E-state index in [0.717, 1.165) is 23.6 Å². The summed E-state index contributed by atoms with van der Waals surface area (Å²) in [4.78, 5) is 20.5. The molecule has 2 aromatic rings. The Kier molecular flexibility index (Phi) is 4.23. The molecule has 0 aliphatic carbocycles. The van der Waals surface area contributed by atoms with Crippen molar-refractivity contribution in [3.63, 3.8) is 0 Å². The van der Waals surface area contributed by atoms with Gasteiger partial charge in [-0.15, -0.1) is 0 Å². The molecule has 0 radical (unpaired) electrons. The lowest BCUT2D eigenvalue weighted by molar-refractivity contribution is 0.0740. The molecule has 1 aliphatic rings. The highest BCUT2D eigenvalue weighted by molar-refractivity contribution is 5.93. The van der Waals surface area contributed by atoms with Crippen LogP contribution in [0.5, 0.6) is 5.75 Å². The van der Waals surface area contributed by atoms with Gasteiger partial charge < -0.3 is 19.0 Å². The number of amides is 1. The summed E-state index contributed by atoms with van der Waals surface area (Å²) in [7, 11) is 3.86. The third-order valence-electron chi connectivity index (χ3n) is 3.96. The lowest BCUT2D eigenvalue weighted by Gasteiger charge is -2.20. The summed E-state index contributed by atoms with van der Waals surface area (Å²) in [6.45, 7) is 3.10. The number of carbonyl (C=O) groups excluding carboxylic acids is 1. The molecule has 2 aromatic heterocycles. The van der Waals surface area contributed by atoms with E-state index in [4.69, 9.17) is 9.15 Å². The lowest BCUT2D eigenvalue weighted by Crippen LogP contribution is -2.31. The molecule has 122 valence electrons. The zero-order valence-corrected chi connectivity index (χ0v) is 13.7. The van der Waals surface area contributed by atoms with E-state index in [2.05, 4.69) is 4.98 Å². The number of pyridine rings is 1. The Bertz CT molecular complexity index is 696. The second-order valence-corrected chi connectivity index (χ2v) is 5.93. The first-order valence-corrected chi connectivity index (χ1v) is 7.68. The predicted octanol–water partition coefficient (Wildman–Crippen LogP) is 2.34. The Hall–Kier alpha value is -2.50. The Labute approximate surface area is 135 Å². The fourth-order valence-corrected chi connectivity index (χ4v) is 2.73. The molecule has 1 fully saturated rings. The molecule has 3 rings (SSSR count). The minimum atomic E-state index is -0.0716. The predicted molar refractivity (Wildman–Crippen MR) is 86.9 cm³/mol. The molecule has 1 amide bonds. The van der Waals surface area contributed by atoms with Crippen LogP contribution in [-0.2, 0) is 0 Å². The van der Waals surface area contributed by atoms with Crippen molar-refractivity contribution in [3.8, 4) is 5.75 Å². The van der Waals surface area contributed by atoms with Crippen molar-refractivity contribution in [2.45, 2.75) is 19.4 Å². The third-order valence-corrected chi connectivity index (χ3v) is 3.96. The average molecular weight is 315 g/mol. The minimum Gasteiger partial charge on any atom is -0.485 e. The first-order valence-electron chi connectivity index (χ1n) is 7.68. The van der Waals surface area contributed by atoms with Gasteiger partial charge >= 0.3 is 0 Å². The maximum Gasteiger partial charge on any atom is 0.289 e. The van der Waals surface area contributed by atoms with Gasteiger partial charge in [-0.3, -0.25) is 4.79 Å². The van der Waals surface area contributed by atoms with E-state index in [1.807, 2.05) is 38.1 Å². The summed E-state index contributed by atoms with van der Waals surface area (Å²) < 4.78 is 11.4. The third kappa shape index (κ3) is 3.16. The largest absolute Gasteiger partial charge is 0.485 e. The average Bonchev–Trinajstić information content (AvgIpc) is 3.16. The van der Waals surface area contributed by atoms with Gasteiger partial charge in [-0.25, -0.2) is 4.98 Å². The number of carbonyl (C=O) groups is 1. The van der Waals surface area contributed by atoms with Crippen molar-refractivity contribution in [2.75, 3.05) is 32.1 Å². The zero-order chi connectivity index (χ0) is 16.4. The van der Waals surface area contributed by atoms with Gasteiger partial charge in [0.05, 0.1) is 12.8 Å². The molecule has 3 heterocycles. The Morgan fingerprint density at radius 1 is 1.43 bits per heavy atom. The van der Waals surface area contributed by atoms with Crippen LogP contribution in [0.3, 0.4) is 0 Å². The summed E-state index contributed by atoms with van der Waals surface area (Å²) >= 11 is 0. The van der Waals surface area contributed by atoms with Crippen LogP contribution in [0, 0.1) is 6.92 Å². The van der Waals surface area contributed by atoms with Crippen LogP contribution in [0.15, 0.2) is 35.1 Å².